The molecule has 1 aliphatic heterocycles. The minimum Gasteiger partial charge on any atom is -0.490 e. The molecule has 1 aromatic rings. The molecule has 4 heteroatoms. The standard InChI is InChI=1S/C16H24N2O2/c1-12(2)20-15-7-5-4-6-14(15)16(19)17-13-8-10-18(3)11-9-13/h4-7,12-13H,8-11H2,1-3H3,(H,17,19). The van der Waals surface area contributed by atoms with Gasteiger partial charge < -0.3 is 15.0 Å². The summed E-state index contributed by atoms with van der Waals surface area (Å²) >= 11 is 0. The summed E-state index contributed by atoms with van der Waals surface area (Å²) in [5, 5.41) is 3.12. The van der Waals surface area contributed by atoms with E-state index in [0.29, 0.717) is 11.3 Å². The van der Waals surface area contributed by atoms with E-state index in [9.17, 15) is 4.79 Å². The van der Waals surface area contributed by atoms with E-state index in [4.69, 9.17) is 4.74 Å². The first-order chi connectivity index (χ1) is 9.56. The normalized spacial score (nSPS) is 17.2. The van der Waals surface area contributed by atoms with Gasteiger partial charge in [0.25, 0.3) is 5.91 Å². The molecule has 1 N–H and O–H groups in total. The van der Waals surface area contributed by atoms with Crippen LogP contribution in [0.15, 0.2) is 24.3 Å². The monoisotopic (exact) mass is 276 g/mol. The van der Waals surface area contributed by atoms with Crippen LogP contribution in [0, 0.1) is 0 Å². The lowest BCUT2D eigenvalue weighted by Gasteiger charge is -2.29. The Kier molecular flexibility index (Phi) is 5.01. The number of benzene rings is 1. The number of hydrogen-bond donors (Lipinski definition) is 1. The van der Waals surface area contributed by atoms with Crippen LogP contribution in [0.25, 0.3) is 0 Å². The van der Waals surface area contributed by atoms with E-state index in [1.54, 1.807) is 0 Å². The second-order valence-electron chi connectivity index (χ2n) is 5.71. The molecule has 4 nitrogen and oxygen atoms in total. The van der Waals surface area contributed by atoms with Gasteiger partial charge in [-0.2, -0.15) is 0 Å². The van der Waals surface area contributed by atoms with Crippen molar-refractivity contribution in [2.45, 2.75) is 38.8 Å². The van der Waals surface area contributed by atoms with E-state index < -0.39 is 0 Å². The zero-order valence-corrected chi connectivity index (χ0v) is 12.6. The molecule has 2 rings (SSSR count). The van der Waals surface area contributed by atoms with Crippen LogP contribution in [0.2, 0.25) is 0 Å². The van der Waals surface area contributed by atoms with Gasteiger partial charge in [-0.25, -0.2) is 0 Å². The molecule has 1 saturated heterocycles. The minimum atomic E-state index is -0.0317. The molecule has 1 fully saturated rings. The van der Waals surface area contributed by atoms with Gasteiger partial charge in [0.05, 0.1) is 11.7 Å². The maximum atomic E-state index is 12.4. The average Bonchev–Trinajstić information content (AvgIpc) is 2.41. The highest BCUT2D eigenvalue weighted by molar-refractivity contribution is 5.97. The van der Waals surface area contributed by atoms with Crippen molar-refractivity contribution in [2.24, 2.45) is 0 Å². The van der Waals surface area contributed by atoms with Gasteiger partial charge in [-0.15, -0.1) is 0 Å². The summed E-state index contributed by atoms with van der Waals surface area (Å²) in [6.07, 6.45) is 2.08. The van der Waals surface area contributed by atoms with Crippen molar-refractivity contribution < 1.29 is 9.53 Å². The number of para-hydroxylation sites is 1. The molecule has 1 aliphatic rings. The lowest BCUT2D eigenvalue weighted by Crippen LogP contribution is -2.43. The minimum absolute atomic E-state index is 0.0317. The van der Waals surface area contributed by atoms with Crippen LogP contribution < -0.4 is 10.1 Å². The number of nitrogens with zero attached hydrogens (tertiary/aromatic N) is 1. The van der Waals surface area contributed by atoms with Gasteiger partial charge >= 0.3 is 0 Å². The Labute approximate surface area is 121 Å². The van der Waals surface area contributed by atoms with Gasteiger partial charge in [-0.05, 0) is 59.0 Å². The highest BCUT2D eigenvalue weighted by atomic mass is 16.5. The van der Waals surface area contributed by atoms with Crippen LogP contribution in [0.3, 0.4) is 0 Å². The first-order valence-electron chi connectivity index (χ1n) is 7.31. The molecule has 0 radical (unpaired) electrons. The predicted octanol–water partition coefficient (Wildman–Crippen LogP) is 2.30. The third-order valence-corrected chi connectivity index (χ3v) is 3.55. The number of hydrogen-bond acceptors (Lipinski definition) is 3. The summed E-state index contributed by atoms with van der Waals surface area (Å²) in [6.45, 7) is 6.00. The molecule has 1 heterocycles. The van der Waals surface area contributed by atoms with Gasteiger partial charge in [0.2, 0.25) is 0 Å². The zero-order valence-electron chi connectivity index (χ0n) is 12.6. The number of nitrogens with one attached hydrogen (secondary N) is 1. The van der Waals surface area contributed by atoms with Gasteiger partial charge in [0, 0.05) is 6.04 Å². The van der Waals surface area contributed by atoms with Crippen molar-refractivity contribution >= 4 is 5.91 Å². The molecule has 0 saturated carbocycles. The van der Waals surface area contributed by atoms with E-state index >= 15 is 0 Å². The Hall–Kier alpha value is -1.55. The third-order valence-electron chi connectivity index (χ3n) is 3.55. The molecule has 0 aromatic heterocycles. The molecule has 0 spiro atoms. The van der Waals surface area contributed by atoms with Crippen molar-refractivity contribution in [1.82, 2.24) is 10.2 Å². The van der Waals surface area contributed by atoms with E-state index in [1.807, 2.05) is 38.1 Å². The van der Waals surface area contributed by atoms with Crippen molar-refractivity contribution in [3.05, 3.63) is 29.8 Å². The second kappa shape index (κ2) is 6.75. The number of rotatable bonds is 4. The first-order valence-corrected chi connectivity index (χ1v) is 7.31. The summed E-state index contributed by atoms with van der Waals surface area (Å²) in [7, 11) is 2.11. The zero-order chi connectivity index (χ0) is 14.5. The predicted molar refractivity (Wildman–Crippen MR) is 80.2 cm³/mol. The van der Waals surface area contributed by atoms with Crippen LogP contribution >= 0.6 is 0 Å². The summed E-state index contributed by atoms with van der Waals surface area (Å²) in [5.74, 6) is 0.628. The Bertz CT molecular complexity index is 452. The van der Waals surface area contributed by atoms with Crippen LogP contribution in [0.4, 0.5) is 0 Å². The average molecular weight is 276 g/mol. The summed E-state index contributed by atoms with van der Waals surface area (Å²) in [5.41, 5.74) is 0.625. The lowest BCUT2D eigenvalue weighted by molar-refractivity contribution is 0.0911. The number of piperidine rings is 1. The molecular weight excluding hydrogens is 252 g/mol. The Morgan fingerprint density at radius 1 is 1.30 bits per heavy atom. The van der Waals surface area contributed by atoms with Gasteiger partial charge in [0.15, 0.2) is 0 Å². The number of ether oxygens (including phenoxy) is 1. The fraction of sp³-hybridized carbons (Fsp3) is 0.562. The van der Waals surface area contributed by atoms with E-state index in [2.05, 4.69) is 17.3 Å². The maximum absolute atomic E-state index is 12.4. The van der Waals surface area contributed by atoms with Crippen LogP contribution in [-0.2, 0) is 0 Å². The highest BCUT2D eigenvalue weighted by Crippen LogP contribution is 2.20. The third kappa shape index (κ3) is 3.97. The van der Waals surface area contributed by atoms with E-state index in [-0.39, 0.29) is 18.1 Å². The van der Waals surface area contributed by atoms with Crippen molar-refractivity contribution in [3.8, 4) is 5.75 Å². The first kappa shape index (κ1) is 14.9. The van der Waals surface area contributed by atoms with E-state index in [1.165, 1.54) is 0 Å². The molecule has 20 heavy (non-hydrogen) atoms. The molecule has 1 aromatic carbocycles. The molecule has 1 amide bonds. The molecular formula is C16H24N2O2. The molecule has 0 unspecified atom stereocenters. The van der Waals surface area contributed by atoms with Crippen LogP contribution in [0.1, 0.15) is 37.0 Å². The second-order valence-corrected chi connectivity index (χ2v) is 5.71. The molecule has 0 bridgehead atoms. The van der Waals surface area contributed by atoms with Gasteiger partial charge in [-0.3, -0.25) is 4.79 Å². The Morgan fingerprint density at radius 3 is 2.60 bits per heavy atom. The maximum Gasteiger partial charge on any atom is 0.255 e. The van der Waals surface area contributed by atoms with E-state index in [0.717, 1.165) is 25.9 Å². The Balaban J connectivity index is 2.01. The summed E-state index contributed by atoms with van der Waals surface area (Å²) in [6, 6.07) is 7.71. The summed E-state index contributed by atoms with van der Waals surface area (Å²) in [4.78, 5) is 14.7. The van der Waals surface area contributed by atoms with Crippen LogP contribution in [0.5, 0.6) is 5.75 Å². The quantitative estimate of drug-likeness (QED) is 0.917. The number of carbonyl (C=O) groups excluding carboxylic acids is 1. The van der Waals surface area contributed by atoms with Gasteiger partial charge in [-0.1, -0.05) is 12.1 Å². The smallest absolute Gasteiger partial charge is 0.255 e. The number of likely N-dealkylation sites (tertiary alicyclic amines) is 1. The molecule has 0 atom stereocenters. The van der Waals surface area contributed by atoms with Crippen molar-refractivity contribution in [3.63, 3.8) is 0 Å². The fourth-order valence-corrected chi connectivity index (χ4v) is 2.43. The van der Waals surface area contributed by atoms with Gasteiger partial charge in [0.1, 0.15) is 5.75 Å². The Morgan fingerprint density at radius 2 is 1.95 bits per heavy atom. The van der Waals surface area contributed by atoms with Crippen LogP contribution in [-0.4, -0.2) is 43.1 Å². The largest absolute Gasteiger partial charge is 0.490 e. The van der Waals surface area contributed by atoms with Crippen molar-refractivity contribution in [2.75, 3.05) is 20.1 Å². The summed E-state index contributed by atoms with van der Waals surface area (Å²) < 4.78 is 5.70. The SMILES string of the molecule is CC(C)Oc1ccccc1C(=O)NC1CCN(C)CC1. The number of amides is 1. The highest BCUT2D eigenvalue weighted by Gasteiger charge is 2.20. The molecule has 0 aliphatic carbocycles. The fourth-order valence-electron chi connectivity index (χ4n) is 2.43. The van der Waals surface area contributed by atoms with Crippen molar-refractivity contribution in [1.29, 1.82) is 0 Å². The molecule has 110 valence electrons. The lowest BCUT2D eigenvalue weighted by atomic mass is 10.0. The topological polar surface area (TPSA) is 41.6 Å². The number of carbonyl (C=O) groups is 1.